The van der Waals surface area contributed by atoms with Crippen LogP contribution in [-0.4, -0.2) is 30.6 Å². The first kappa shape index (κ1) is 14.7. The lowest BCUT2D eigenvalue weighted by molar-refractivity contribution is 0.0925. The van der Waals surface area contributed by atoms with E-state index in [4.69, 9.17) is 22.2 Å². The van der Waals surface area contributed by atoms with E-state index < -0.39 is 0 Å². The molecular weight excluding hydrogens is 256 g/mol. The van der Waals surface area contributed by atoms with Crippen molar-refractivity contribution in [1.82, 2.24) is 10.3 Å². The van der Waals surface area contributed by atoms with Gasteiger partial charge in [-0.2, -0.15) is 0 Å². The third kappa shape index (κ3) is 4.14. The molecule has 0 aliphatic heterocycles. The molecular formula is C11H17ClN4O2. The number of anilines is 1. The summed E-state index contributed by atoms with van der Waals surface area (Å²) in [5, 5.41) is 3.07. The molecule has 4 N–H and O–H groups in total. The van der Waals surface area contributed by atoms with Crippen molar-refractivity contribution in [2.75, 3.05) is 19.1 Å². The van der Waals surface area contributed by atoms with Crippen LogP contribution < -0.4 is 16.6 Å². The smallest absolute Gasteiger partial charge is 0.271 e. The number of methoxy groups -OCH3 is 1. The van der Waals surface area contributed by atoms with Crippen molar-refractivity contribution in [1.29, 1.82) is 0 Å². The standard InChI is InChI=1S/C11H17ClN4O2/c1-7(5-6-18-2)14-11(17)10-8(12)3-4-9(15-10)16-13/h3-4,7H,5-6,13H2,1-2H3,(H,14,17)(H,15,16). The number of aromatic nitrogens is 1. The zero-order chi connectivity index (χ0) is 13.5. The maximum Gasteiger partial charge on any atom is 0.271 e. The van der Waals surface area contributed by atoms with Crippen molar-refractivity contribution in [3.63, 3.8) is 0 Å². The Hall–Kier alpha value is -1.37. The van der Waals surface area contributed by atoms with Gasteiger partial charge in [-0.25, -0.2) is 10.8 Å². The van der Waals surface area contributed by atoms with Crippen LogP contribution in [0, 0.1) is 0 Å². The molecule has 0 saturated heterocycles. The Bertz CT molecular complexity index is 414. The third-order valence-corrected chi connectivity index (χ3v) is 2.65. The van der Waals surface area contributed by atoms with Gasteiger partial charge >= 0.3 is 0 Å². The fourth-order valence-corrected chi connectivity index (χ4v) is 1.53. The summed E-state index contributed by atoms with van der Waals surface area (Å²) in [5.41, 5.74) is 2.52. The first-order valence-electron chi connectivity index (χ1n) is 5.51. The van der Waals surface area contributed by atoms with E-state index >= 15 is 0 Å². The zero-order valence-corrected chi connectivity index (χ0v) is 11.1. The number of hydrogen-bond acceptors (Lipinski definition) is 5. The second-order valence-electron chi connectivity index (χ2n) is 3.83. The van der Waals surface area contributed by atoms with Crippen LogP contribution in [0.3, 0.4) is 0 Å². The van der Waals surface area contributed by atoms with Crippen LogP contribution >= 0.6 is 11.6 Å². The fourth-order valence-electron chi connectivity index (χ4n) is 1.34. The normalized spacial score (nSPS) is 12.0. The maximum atomic E-state index is 11.9. The largest absolute Gasteiger partial charge is 0.385 e. The van der Waals surface area contributed by atoms with Crippen LogP contribution in [0.25, 0.3) is 0 Å². The summed E-state index contributed by atoms with van der Waals surface area (Å²) in [7, 11) is 1.61. The summed E-state index contributed by atoms with van der Waals surface area (Å²) >= 11 is 5.92. The van der Waals surface area contributed by atoms with E-state index in [1.807, 2.05) is 6.92 Å². The highest BCUT2D eigenvalue weighted by Crippen LogP contribution is 2.16. The molecule has 0 aromatic carbocycles. The van der Waals surface area contributed by atoms with Gasteiger partial charge in [-0.15, -0.1) is 0 Å². The molecule has 0 saturated carbocycles. The molecule has 1 aromatic rings. The molecule has 0 fully saturated rings. The van der Waals surface area contributed by atoms with E-state index in [1.165, 1.54) is 0 Å². The Labute approximate surface area is 111 Å². The van der Waals surface area contributed by atoms with Gasteiger partial charge in [-0.3, -0.25) is 4.79 Å². The molecule has 7 heteroatoms. The van der Waals surface area contributed by atoms with Gasteiger partial charge in [0.15, 0.2) is 0 Å². The quantitative estimate of drug-likeness (QED) is 0.534. The highest BCUT2D eigenvalue weighted by atomic mass is 35.5. The Morgan fingerprint density at radius 3 is 2.94 bits per heavy atom. The predicted octanol–water partition coefficient (Wildman–Crippen LogP) is 1.18. The number of nitrogens with zero attached hydrogens (tertiary/aromatic N) is 1. The second kappa shape index (κ2) is 7.15. The maximum absolute atomic E-state index is 11.9. The van der Waals surface area contributed by atoms with E-state index in [9.17, 15) is 4.79 Å². The Morgan fingerprint density at radius 2 is 2.33 bits per heavy atom. The molecule has 18 heavy (non-hydrogen) atoms. The molecule has 0 aliphatic rings. The number of rotatable bonds is 6. The van der Waals surface area contributed by atoms with E-state index in [1.54, 1.807) is 19.2 Å². The highest BCUT2D eigenvalue weighted by molar-refractivity contribution is 6.33. The van der Waals surface area contributed by atoms with Gasteiger partial charge in [0, 0.05) is 19.8 Å². The molecule has 6 nitrogen and oxygen atoms in total. The van der Waals surface area contributed by atoms with Crippen molar-refractivity contribution >= 4 is 23.3 Å². The number of pyridine rings is 1. The van der Waals surface area contributed by atoms with Crippen LogP contribution in [-0.2, 0) is 4.74 Å². The van der Waals surface area contributed by atoms with Crippen LogP contribution in [0.5, 0.6) is 0 Å². The topological polar surface area (TPSA) is 89.3 Å². The van der Waals surface area contributed by atoms with E-state index in [2.05, 4.69) is 15.7 Å². The first-order chi connectivity index (χ1) is 8.58. The molecule has 1 aromatic heterocycles. The van der Waals surface area contributed by atoms with E-state index in [0.29, 0.717) is 18.8 Å². The summed E-state index contributed by atoms with van der Waals surface area (Å²) in [6.07, 6.45) is 0.717. The Balaban J connectivity index is 2.71. The summed E-state index contributed by atoms with van der Waals surface area (Å²) < 4.78 is 4.94. The zero-order valence-electron chi connectivity index (χ0n) is 10.4. The van der Waals surface area contributed by atoms with Gasteiger partial charge in [0.25, 0.3) is 5.91 Å². The second-order valence-corrected chi connectivity index (χ2v) is 4.23. The van der Waals surface area contributed by atoms with Gasteiger partial charge in [-0.05, 0) is 25.5 Å². The molecule has 0 bridgehead atoms. The average Bonchev–Trinajstić information content (AvgIpc) is 2.36. The minimum atomic E-state index is -0.333. The van der Waals surface area contributed by atoms with E-state index in [-0.39, 0.29) is 22.7 Å². The SMILES string of the molecule is COCCC(C)NC(=O)c1nc(NN)ccc1Cl. The number of hydrogen-bond donors (Lipinski definition) is 3. The molecule has 1 amide bonds. The number of nitrogen functional groups attached to an aromatic ring is 1. The number of amides is 1. The molecule has 0 aliphatic carbocycles. The summed E-state index contributed by atoms with van der Waals surface area (Å²) in [6, 6.07) is 3.14. The monoisotopic (exact) mass is 272 g/mol. The Morgan fingerprint density at radius 1 is 1.61 bits per heavy atom. The van der Waals surface area contributed by atoms with Gasteiger partial charge in [-0.1, -0.05) is 11.6 Å². The molecule has 0 spiro atoms. The van der Waals surface area contributed by atoms with Crippen LogP contribution in [0.15, 0.2) is 12.1 Å². The number of halogens is 1. The summed E-state index contributed by atoms with van der Waals surface area (Å²) in [4.78, 5) is 16.0. The molecule has 1 rings (SSSR count). The molecule has 100 valence electrons. The fraction of sp³-hybridized carbons (Fsp3) is 0.455. The van der Waals surface area contributed by atoms with Crippen LogP contribution in [0.1, 0.15) is 23.8 Å². The molecule has 1 heterocycles. The molecule has 0 radical (unpaired) electrons. The first-order valence-corrected chi connectivity index (χ1v) is 5.89. The predicted molar refractivity (Wildman–Crippen MR) is 70.5 cm³/mol. The van der Waals surface area contributed by atoms with Gasteiger partial charge in [0.1, 0.15) is 11.5 Å². The van der Waals surface area contributed by atoms with Gasteiger partial charge in [0.2, 0.25) is 0 Å². The Kier molecular flexibility index (Phi) is 5.84. The minimum absolute atomic E-state index is 0.0233. The van der Waals surface area contributed by atoms with Crippen molar-refractivity contribution in [3.05, 3.63) is 22.8 Å². The number of ether oxygens (including phenoxy) is 1. The molecule has 1 unspecified atom stereocenters. The third-order valence-electron chi connectivity index (χ3n) is 2.34. The lowest BCUT2D eigenvalue weighted by Crippen LogP contribution is -2.34. The highest BCUT2D eigenvalue weighted by Gasteiger charge is 2.15. The number of nitrogens with two attached hydrogens (primary N) is 1. The lowest BCUT2D eigenvalue weighted by atomic mass is 10.2. The van der Waals surface area contributed by atoms with Crippen LogP contribution in [0.4, 0.5) is 5.82 Å². The van der Waals surface area contributed by atoms with Crippen LogP contribution in [0.2, 0.25) is 5.02 Å². The number of nitrogens with one attached hydrogen (secondary N) is 2. The minimum Gasteiger partial charge on any atom is -0.385 e. The van der Waals surface area contributed by atoms with Gasteiger partial charge in [0.05, 0.1) is 5.02 Å². The lowest BCUT2D eigenvalue weighted by Gasteiger charge is -2.13. The van der Waals surface area contributed by atoms with E-state index in [0.717, 1.165) is 0 Å². The number of hydrazine groups is 1. The summed E-state index contributed by atoms with van der Waals surface area (Å²) in [6.45, 7) is 2.46. The average molecular weight is 273 g/mol. The van der Waals surface area contributed by atoms with Crippen molar-refractivity contribution in [2.45, 2.75) is 19.4 Å². The van der Waals surface area contributed by atoms with Crippen molar-refractivity contribution in [3.8, 4) is 0 Å². The summed E-state index contributed by atoms with van der Waals surface area (Å²) in [5.74, 6) is 5.28. The number of carbonyl (C=O) groups excluding carboxylic acids is 1. The van der Waals surface area contributed by atoms with Gasteiger partial charge < -0.3 is 15.5 Å². The van der Waals surface area contributed by atoms with Crippen molar-refractivity contribution in [2.24, 2.45) is 5.84 Å². The number of carbonyl (C=O) groups is 1. The van der Waals surface area contributed by atoms with Crippen molar-refractivity contribution < 1.29 is 9.53 Å². The molecule has 1 atom stereocenters.